The van der Waals surface area contributed by atoms with Crippen molar-refractivity contribution in [1.82, 2.24) is 25.1 Å². The van der Waals surface area contributed by atoms with E-state index in [1.165, 1.54) is 16.8 Å². The summed E-state index contributed by atoms with van der Waals surface area (Å²) in [6.07, 6.45) is 0.509. The molecule has 0 fully saturated rings. The molecule has 1 unspecified atom stereocenters. The van der Waals surface area contributed by atoms with Crippen molar-refractivity contribution >= 4 is 40.6 Å². The van der Waals surface area contributed by atoms with Crippen molar-refractivity contribution in [2.24, 2.45) is 5.10 Å². The Labute approximate surface area is 291 Å². The van der Waals surface area contributed by atoms with Crippen LogP contribution in [-0.2, 0) is 11.3 Å². The first kappa shape index (κ1) is 33.6. The summed E-state index contributed by atoms with van der Waals surface area (Å²) in [7, 11) is 6.29. The molecule has 5 aromatic rings. The van der Waals surface area contributed by atoms with Crippen LogP contribution in [0.5, 0.6) is 23.0 Å². The Morgan fingerprint density at radius 2 is 1.69 bits per heavy atom. The van der Waals surface area contributed by atoms with E-state index in [4.69, 9.17) is 24.0 Å². The van der Waals surface area contributed by atoms with Gasteiger partial charge in [-0.05, 0) is 47.8 Å². The molecule has 0 spiro atoms. The second-order valence-corrected chi connectivity index (χ2v) is 12.6. The Kier molecular flexibility index (Phi) is 10.4. The molecule has 12 nitrogen and oxygen atoms in total. The van der Waals surface area contributed by atoms with Crippen molar-refractivity contribution < 1.29 is 28.5 Å². The van der Waals surface area contributed by atoms with Gasteiger partial charge in [0.25, 0.3) is 11.8 Å². The normalized spacial score (nSPS) is 13.9. The number of thioether (sulfide) groups is 1. The van der Waals surface area contributed by atoms with Crippen molar-refractivity contribution in [1.29, 1.82) is 0 Å². The highest BCUT2D eigenvalue weighted by molar-refractivity contribution is 7.99. The number of nitrogens with one attached hydrogen (secondary N) is 1. The van der Waals surface area contributed by atoms with E-state index in [1.807, 2.05) is 60.0 Å². The molecule has 0 saturated heterocycles. The van der Waals surface area contributed by atoms with E-state index in [1.54, 1.807) is 68.6 Å². The standard InChI is InChI=1S/C35H34N6O6S2/c1-44-23-11-7-10-22(18-23)34(43)36-20-31-37-38-35(40(31)26-13-5-6-14-28(26)45-2)49-21-32(42)41-27(19-25(39-41)30-16-9-17-48-30)24-12-8-15-29(46-3)33(24)47-4/h5-18,27H,19-21H2,1-4H3,(H,36,43). The molecule has 0 aliphatic carbocycles. The van der Waals surface area contributed by atoms with Gasteiger partial charge in [-0.3, -0.25) is 14.2 Å². The molecular weight excluding hydrogens is 665 g/mol. The Morgan fingerprint density at radius 1 is 0.898 bits per heavy atom. The van der Waals surface area contributed by atoms with E-state index >= 15 is 0 Å². The Balaban J connectivity index is 1.28. The minimum atomic E-state index is -0.412. The fourth-order valence-electron chi connectivity index (χ4n) is 5.53. The lowest BCUT2D eigenvalue weighted by Gasteiger charge is -2.24. The number of ether oxygens (including phenoxy) is 4. The first-order chi connectivity index (χ1) is 23.9. The van der Waals surface area contributed by atoms with Crippen LogP contribution in [0.2, 0.25) is 0 Å². The van der Waals surface area contributed by atoms with E-state index in [0.717, 1.165) is 16.2 Å². The number of carbonyl (C=O) groups excluding carboxylic acids is 2. The molecule has 49 heavy (non-hydrogen) atoms. The van der Waals surface area contributed by atoms with Crippen LogP contribution in [0.1, 0.15) is 39.1 Å². The van der Waals surface area contributed by atoms with Crippen LogP contribution in [-0.4, -0.2) is 71.5 Å². The summed E-state index contributed by atoms with van der Waals surface area (Å²) in [6, 6.07) is 23.5. The molecule has 6 rings (SSSR count). The average molecular weight is 699 g/mol. The maximum atomic E-state index is 14.1. The van der Waals surface area contributed by atoms with Gasteiger partial charge in [-0.25, -0.2) is 5.01 Å². The van der Waals surface area contributed by atoms with E-state index in [-0.39, 0.29) is 24.1 Å². The van der Waals surface area contributed by atoms with Crippen LogP contribution in [0.15, 0.2) is 94.5 Å². The van der Waals surface area contributed by atoms with Gasteiger partial charge >= 0.3 is 0 Å². The molecule has 2 amide bonds. The number of methoxy groups -OCH3 is 4. The summed E-state index contributed by atoms with van der Waals surface area (Å²) >= 11 is 2.79. The Hall–Kier alpha value is -5.34. The van der Waals surface area contributed by atoms with E-state index < -0.39 is 6.04 Å². The summed E-state index contributed by atoms with van der Waals surface area (Å²) < 4.78 is 24.0. The predicted molar refractivity (Wildman–Crippen MR) is 187 cm³/mol. The second-order valence-electron chi connectivity index (χ2n) is 10.7. The molecule has 3 heterocycles. The fourth-order valence-corrected chi connectivity index (χ4v) is 7.07. The third-order valence-corrected chi connectivity index (χ3v) is 9.69. The third-order valence-electron chi connectivity index (χ3n) is 7.85. The molecule has 1 atom stereocenters. The largest absolute Gasteiger partial charge is 0.497 e. The van der Waals surface area contributed by atoms with Crippen molar-refractivity contribution in [2.75, 3.05) is 34.2 Å². The van der Waals surface area contributed by atoms with Gasteiger partial charge in [0.2, 0.25) is 0 Å². The predicted octanol–water partition coefficient (Wildman–Crippen LogP) is 5.76. The van der Waals surface area contributed by atoms with Gasteiger partial charge in [0.1, 0.15) is 11.5 Å². The number of aromatic nitrogens is 3. The molecule has 1 aliphatic heterocycles. The van der Waals surface area contributed by atoms with Crippen molar-refractivity contribution in [3.05, 3.63) is 106 Å². The van der Waals surface area contributed by atoms with Gasteiger partial charge in [-0.2, -0.15) is 5.10 Å². The molecule has 0 saturated carbocycles. The van der Waals surface area contributed by atoms with Crippen molar-refractivity contribution in [3.8, 4) is 28.7 Å². The number of hydrogen-bond acceptors (Lipinski definition) is 11. The maximum Gasteiger partial charge on any atom is 0.253 e. The minimum Gasteiger partial charge on any atom is -0.497 e. The van der Waals surface area contributed by atoms with Crippen molar-refractivity contribution in [2.45, 2.75) is 24.2 Å². The first-order valence-corrected chi connectivity index (χ1v) is 17.1. The molecule has 1 aliphatic rings. The summed E-state index contributed by atoms with van der Waals surface area (Å²) in [4.78, 5) is 28.1. The van der Waals surface area contributed by atoms with E-state index in [0.29, 0.717) is 51.7 Å². The molecule has 0 radical (unpaired) electrons. The fraction of sp³-hybridized carbons (Fsp3) is 0.229. The molecular formula is C35H34N6O6S2. The van der Waals surface area contributed by atoms with Crippen LogP contribution >= 0.6 is 23.1 Å². The monoisotopic (exact) mass is 698 g/mol. The quantitative estimate of drug-likeness (QED) is 0.153. The molecule has 14 heteroatoms. The number of thiophene rings is 1. The zero-order chi connectivity index (χ0) is 34.3. The molecule has 1 N–H and O–H groups in total. The number of hydrogen-bond donors (Lipinski definition) is 1. The lowest BCUT2D eigenvalue weighted by molar-refractivity contribution is -0.130. The van der Waals surface area contributed by atoms with Gasteiger partial charge in [-0.15, -0.1) is 21.5 Å². The van der Waals surface area contributed by atoms with Gasteiger partial charge in [-0.1, -0.05) is 48.2 Å². The van der Waals surface area contributed by atoms with Crippen molar-refractivity contribution in [3.63, 3.8) is 0 Å². The van der Waals surface area contributed by atoms with Crippen LogP contribution < -0.4 is 24.3 Å². The number of benzene rings is 3. The Bertz CT molecular complexity index is 1980. The summed E-state index contributed by atoms with van der Waals surface area (Å²) in [5.74, 6) is 2.21. The van der Waals surface area contributed by atoms with Gasteiger partial charge in [0.05, 0.1) is 63.1 Å². The smallest absolute Gasteiger partial charge is 0.253 e. The summed E-state index contributed by atoms with van der Waals surface area (Å²) in [5, 5.41) is 20.5. The van der Waals surface area contributed by atoms with Crippen LogP contribution in [0.25, 0.3) is 5.69 Å². The highest BCUT2D eigenvalue weighted by Crippen LogP contribution is 2.42. The van der Waals surface area contributed by atoms with Gasteiger partial charge in [0.15, 0.2) is 22.5 Å². The molecule has 2 aromatic heterocycles. The van der Waals surface area contributed by atoms with Crippen LogP contribution in [0.3, 0.4) is 0 Å². The van der Waals surface area contributed by atoms with E-state index in [2.05, 4.69) is 15.5 Å². The lowest BCUT2D eigenvalue weighted by Crippen LogP contribution is -2.29. The number of hydrazone groups is 1. The summed E-state index contributed by atoms with van der Waals surface area (Å²) in [6.45, 7) is 0.0634. The topological polar surface area (TPSA) is 129 Å². The summed E-state index contributed by atoms with van der Waals surface area (Å²) in [5.41, 5.74) is 2.71. The highest BCUT2D eigenvalue weighted by atomic mass is 32.2. The number of para-hydroxylation sites is 3. The molecule has 252 valence electrons. The SMILES string of the molecule is COc1cccc(C(=O)NCc2nnc(SCC(=O)N3N=C(c4cccs4)CC3c3cccc(OC)c3OC)n2-c2ccccc2OC)c1. The number of carbonyl (C=O) groups is 2. The average Bonchev–Trinajstić information content (AvgIpc) is 3.93. The number of rotatable bonds is 13. The lowest BCUT2D eigenvalue weighted by atomic mass is 9.99. The van der Waals surface area contributed by atoms with Crippen LogP contribution in [0, 0.1) is 0 Å². The minimum absolute atomic E-state index is 0.00740. The number of nitrogens with zero attached hydrogens (tertiary/aromatic N) is 5. The maximum absolute atomic E-state index is 14.1. The number of amides is 2. The van der Waals surface area contributed by atoms with E-state index in [9.17, 15) is 9.59 Å². The van der Waals surface area contributed by atoms with Gasteiger partial charge in [0, 0.05) is 17.5 Å². The third kappa shape index (κ3) is 7.10. The van der Waals surface area contributed by atoms with Gasteiger partial charge < -0.3 is 24.3 Å². The second kappa shape index (κ2) is 15.3. The first-order valence-electron chi connectivity index (χ1n) is 15.2. The Morgan fingerprint density at radius 3 is 2.45 bits per heavy atom. The highest BCUT2D eigenvalue weighted by Gasteiger charge is 2.36. The zero-order valence-electron chi connectivity index (χ0n) is 27.3. The molecule has 3 aromatic carbocycles. The van der Waals surface area contributed by atoms with Crippen LogP contribution in [0.4, 0.5) is 0 Å². The molecule has 0 bridgehead atoms. The zero-order valence-corrected chi connectivity index (χ0v) is 28.9.